The van der Waals surface area contributed by atoms with Gasteiger partial charge in [-0.3, -0.25) is 4.79 Å². The van der Waals surface area contributed by atoms with Crippen molar-refractivity contribution < 1.29 is 9.90 Å². The van der Waals surface area contributed by atoms with Crippen LogP contribution in [0.1, 0.15) is 62.5 Å². The van der Waals surface area contributed by atoms with E-state index in [1.165, 1.54) is 44.9 Å². The van der Waals surface area contributed by atoms with E-state index in [9.17, 15) is 4.79 Å². The van der Waals surface area contributed by atoms with Crippen LogP contribution in [0, 0.1) is 5.92 Å². The molecular weight excluding hydrogens is 422 g/mol. The SMILES string of the molecule is NC(=O)C(c1ccccc1)(c1ccccc1)[C@@H]1CCN(CCCCCCCCCNCCO)C1. The molecule has 5 heteroatoms. The highest BCUT2D eigenvalue weighted by atomic mass is 16.3. The van der Waals surface area contributed by atoms with Gasteiger partial charge in [0.2, 0.25) is 5.91 Å². The van der Waals surface area contributed by atoms with Crippen LogP contribution < -0.4 is 11.1 Å². The maximum Gasteiger partial charge on any atom is 0.232 e. The number of carbonyl (C=O) groups is 1. The molecule has 0 bridgehead atoms. The van der Waals surface area contributed by atoms with Crippen LogP contribution in [0.25, 0.3) is 0 Å². The summed E-state index contributed by atoms with van der Waals surface area (Å²) < 4.78 is 0. The van der Waals surface area contributed by atoms with Gasteiger partial charge in [0.25, 0.3) is 0 Å². The number of hydrogen-bond donors (Lipinski definition) is 3. The lowest BCUT2D eigenvalue weighted by atomic mass is 9.64. The molecule has 1 atom stereocenters. The third-order valence-electron chi connectivity index (χ3n) is 7.35. The molecule has 2 aromatic rings. The molecular formula is C29H43N3O2. The van der Waals surface area contributed by atoms with Crippen molar-refractivity contribution in [2.24, 2.45) is 11.7 Å². The first-order valence-corrected chi connectivity index (χ1v) is 13.1. The molecule has 0 spiro atoms. The van der Waals surface area contributed by atoms with E-state index in [4.69, 9.17) is 10.8 Å². The quantitative estimate of drug-likeness (QED) is 0.326. The van der Waals surface area contributed by atoms with E-state index in [0.29, 0.717) is 6.54 Å². The van der Waals surface area contributed by atoms with Gasteiger partial charge >= 0.3 is 0 Å². The zero-order valence-corrected chi connectivity index (χ0v) is 20.6. The molecule has 0 saturated carbocycles. The lowest BCUT2D eigenvalue weighted by Crippen LogP contribution is -2.49. The van der Waals surface area contributed by atoms with E-state index in [2.05, 4.69) is 34.5 Å². The number of amides is 1. The molecule has 2 aromatic carbocycles. The number of aliphatic hydroxyl groups excluding tert-OH is 1. The average Bonchev–Trinajstić information content (AvgIpc) is 3.33. The Morgan fingerprint density at radius 1 is 0.882 bits per heavy atom. The maximum absolute atomic E-state index is 13.2. The van der Waals surface area contributed by atoms with Gasteiger partial charge in [0.05, 0.1) is 6.61 Å². The maximum atomic E-state index is 13.2. The summed E-state index contributed by atoms with van der Waals surface area (Å²) in [5, 5.41) is 12.0. The van der Waals surface area contributed by atoms with E-state index < -0.39 is 5.41 Å². The van der Waals surface area contributed by atoms with Crippen LogP contribution in [0.3, 0.4) is 0 Å². The lowest BCUT2D eigenvalue weighted by molar-refractivity contribution is -0.123. The molecule has 1 saturated heterocycles. The van der Waals surface area contributed by atoms with Crippen LogP contribution in [0.15, 0.2) is 60.7 Å². The van der Waals surface area contributed by atoms with Gasteiger partial charge < -0.3 is 21.1 Å². The largest absolute Gasteiger partial charge is 0.395 e. The Hall–Kier alpha value is -2.21. The molecule has 3 rings (SSSR count). The topological polar surface area (TPSA) is 78.6 Å². The highest BCUT2D eigenvalue weighted by Crippen LogP contribution is 2.43. The number of nitrogens with two attached hydrogens (primary N) is 1. The monoisotopic (exact) mass is 465 g/mol. The zero-order valence-electron chi connectivity index (χ0n) is 20.6. The first-order valence-electron chi connectivity index (χ1n) is 13.1. The first kappa shape index (κ1) is 26.4. The van der Waals surface area contributed by atoms with Gasteiger partial charge in [-0.1, -0.05) is 92.8 Å². The van der Waals surface area contributed by atoms with E-state index in [0.717, 1.165) is 43.7 Å². The molecule has 1 aliphatic rings. The summed E-state index contributed by atoms with van der Waals surface area (Å²) >= 11 is 0. The van der Waals surface area contributed by atoms with Gasteiger partial charge in [-0.15, -0.1) is 0 Å². The van der Waals surface area contributed by atoms with Crippen LogP contribution in [-0.4, -0.2) is 55.2 Å². The normalized spacial score (nSPS) is 16.7. The number of benzene rings is 2. The second-order valence-corrected chi connectivity index (χ2v) is 9.64. The molecule has 186 valence electrons. The molecule has 5 nitrogen and oxygen atoms in total. The molecule has 0 aromatic heterocycles. The van der Waals surface area contributed by atoms with Gasteiger partial charge in [-0.2, -0.15) is 0 Å². The Labute approximate surface area is 205 Å². The van der Waals surface area contributed by atoms with Crippen molar-refractivity contribution in [3.05, 3.63) is 71.8 Å². The summed E-state index contributed by atoms with van der Waals surface area (Å²) in [5.41, 5.74) is 7.43. The highest BCUT2D eigenvalue weighted by molar-refractivity contribution is 5.91. The Balaban J connectivity index is 1.50. The van der Waals surface area contributed by atoms with Gasteiger partial charge in [0.1, 0.15) is 5.41 Å². The van der Waals surface area contributed by atoms with Crippen molar-refractivity contribution in [1.82, 2.24) is 10.2 Å². The van der Waals surface area contributed by atoms with Gasteiger partial charge in [0.15, 0.2) is 0 Å². The number of aliphatic hydroxyl groups is 1. The predicted molar refractivity (Wildman–Crippen MR) is 140 cm³/mol. The number of hydrogen-bond acceptors (Lipinski definition) is 4. The molecule has 1 fully saturated rings. The fourth-order valence-corrected chi connectivity index (χ4v) is 5.59. The molecule has 1 heterocycles. The zero-order chi connectivity index (χ0) is 24.1. The summed E-state index contributed by atoms with van der Waals surface area (Å²) in [7, 11) is 0. The van der Waals surface area contributed by atoms with Crippen LogP contribution in [-0.2, 0) is 10.2 Å². The number of likely N-dealkylation sites (tertiary alicyclic amines) is 1. The van der Waals surface area contributed by atoms with Gasteiger partial charge in [-0.05, 0) is 55.9 Å². The predicted octanol–water partition coefficient (Wildman–Crippen LogP) is 4.09. The first-order chi connectivity index (χ1) is 16.7. The van der Waals surface area contributed by atoms with E-state index in [-0.39, 0.29) is 18.4 Å². The minimum absolute atomic E-state index is 0.175. The second kappa shape index (κ2) is 14.2. The molecule has 1 aliphatic heterocycles. The van der Waals surface area contributed by atoms with Crippen molar-refractivity contribution in [1.29, 1.82) is 0 Å². The van der Waals surface area contributed by atoms with Crippen molar-refractivity contribution in [2.45, 2.75) is 56.8 Å². The number of nitrogens with one attached hydrogen (secondary N) is 1. The van der Waals surface area contributed by atoms with Crippen LogP contribution in [0.2, 0.25) is 0 Å². The van der Waals surface area contributed by atoms with E-state index in [1.54, 1.807) is 0 Å². The van der Waals surface area contributed by atoms with Crippen molar-refractivity contribution in [3.8, 4) is 0 Å². The summed E-state index contributed by atoms with van der Waals surface area (Å²) in [6.07, 6.45) is 9.81. The third-order valence-corrected chi connectivity index (χ3v) is 7.35. The average molecular weight is 466 g/mol. The number of nitrogens with zero attached hydrogens (tertiary/aromatic N) is 1. The fourth-order valence-electron chi connectivity index (χ4n) is 5.59. The Bertz CT molecular complexity index is 788. The molecule has 0 unspecified atom stereocenters. The Kier molecular flexibility index (Phi) is 11.1. The molecule has 1 amide bonds. The van der Waals surface area contributed by atoms with Crippen molar-refractivity contribution >= 4 is 5.91 Å². The van der Waals surface area contributed by atoms with E-state index >= 15 is 0 Å². The number of rotatable bonds is 16. The summed E-state index contributed by atoms with van der Waals surface area (Å²) in [4.78, 5) is 15.7. The smallest absolute Gasteiger partial charge is 0.232 e. The number of unbranched alkanes of at least 4 members (excludes halogenated alkanes) is 6. The van der Waals surface area contributed by atoms with Crippen LogP contribution >= 0.6 is 0 Å². The fraction of sp³-hybridized carbons (Fsp3) is 0.552. The standard InChI is InChI=1S/C29H43N3O2/c30-28(34)29(25-14-8-6-9-15-25,26-16-10-7-11-17-26)27-18-22-32(24-27)21-13-5-3-1-2-4-12-19-31-20-23-33/h6-11,14-17,27,31,33H,1-5,12-13,18-24H2,(H2,30,34)/t27-/m1/s1. The van der Waals surface area contributed by atoms with Crippen LogP contribution in [0.4, 0.5) is 0 Å². The third kappa shape index (κ3) is 6.91. The second-order valence-electron chi connectivity index (χ2n) is 9.64. The molecule has 34 heavy (non-hydrogen) atoms. The van der Waals surface area contributed by atoms with Crippen LogP contribution in [0.5, 0.6) is 0 Å². The molecule has 4 N–H and O–H groups in total. The Morgan fingerprint density at radius 2 is 1.44 bits per heavy atom. The molecule has 0 aliphatic carbocycles. The minimum Gasteiger partial charge on any atom is -0.395 e. The summed E-state index contributed by atoms with van der Waals surface area (Å²) in [6, 6.07) is 20.3. The van der Waals surface area contributed by atoms with E-state index in [1.807, 2.05) is 36.4 Å². The van der Waals surface area contributed by atoms with Crippen molar-refractivity contribution in [2.75, 3.05) is 39.3 Å². The lowest BCUT2D eigenvalue weighted by Gasteiger charge is -2.37. The highest BCUT2D eigenvalue weighted by Gasteiger charge is 2.49. The van der Waals surface area contributed by atoms with Gasteiger partial charge in [-0.25, -0.2) is 0 Å². The minimum atomic E-state index is -0.788. The van der Waals surface area contributed by atoms with Gasteiger partial charge in [0, 0.05) is 13.1 Å². The van der Waals surface area contributed by atoms with Crippen molar-refractivity contribution in [3.63, 3.8) is 0 Å². The summed E-state index contributed by atoms with van der Waals surface area (Å²) in [5.74, 6) is -0.0717. The number of primary amides is 1. The number of carbonyl (C=O) groups excluding carboxylic acids is 1. The summed E-state index contributed by atoms with van der Waals surface area (Å²) in [6.45, 7) is 4.97. The molecule has 0 radical (unpaired) electrons. The Morgan fingerprint density at radius 3 is 2.00 bits per heavy atom.